The molecular formula is C14H27N5. The highest BCUT2D eigenvalue weighted by Gasteiger charge is 2.13. The molecule has 2 rings (SSSR count). The lowest BCUT2D eigenvalue weighted by Gasteiger charge is -2.32. The Morgan fingerprint density at radius 3 is 2.74 bits per heavy atom. The highest BCUT2D eigenvalue weighted by Crippen LogP contribution is 2.01. The first-order valence-electron chi connectivity index (χ1n) is 7.40. The van der Waals surface area contributed by atoms with Crippen molar-refractivity contribution in [3.8, 4) is 0 Å². The first-order chi connectivity index (χ1) is 9.28. The van der Waals surface area contributed by atoms with Gasteiger partial charge in [-0.2, -0.15) is 0 Å². The molecule has 0 unspecified atom stereocenters. The van der Waals surface area contributed by atoms with E-state index >= 15 is 0 Å². The van der Waals surface area contributed by atoms with Gasteiger partial charge >= 0.3 is 0 Å². The van der Waals surface area contributed by atoms with Gasteiger partial charge in [-0.3, -0.25) is 4.90 Å². The summed E-state index contributed by atoms with van der Waals surface area (Å²) in [5, 5.41) is 3.38. The highest BCUT2D eigenvalue weighted by molar-refractivity contribution is 4.96. The molecule has 0 bridgehead atoms. The van der Waals surface area contributed by atoms with Crippen molar-refractivity contribution in [3.05, 3.63) is 18.2 Å². The SMILES string of the molecule is CCCNCc1cn(CCN2CCN(C)CC2)cn1. The van der Waals surface area contributed by atoms with Crippen LogP contribution in [0.15, 0.2) is 12.5 Å². The summed E-state index contributed by atoms with van der Waals surface area (Å²) in [6.07, 6.45) is 5.29. The zero-order valence-electron chi connectivity index (χ0n) is 12.3. The Hall–Kier alpha value is -0.910. The topological polar surface area (TPSA) is 36.3 Å². The number of hydrogen-bond donors (Lipinski definition) is 1. The summed E-state index contributed by atoms with van der Waals surface area (Å²) in [6, 6.07) is 0. The molecule has 0 amide bonds. The van der Waals surface area contributed by atoms with Crippen LogP contribution in [0.2, 0.25) is 0 Å². The van der Waals surface area contributed by atoms with Crippen LogP contribution in [0.5, 0.6) is 0 Å². The van der Waals surface area contributed by atoms with Gasteiger partial charge in [0.25, 0.3) is 0 Å². The molecule has 1 saturated heterocycles. The van der Waals surface area contributed by atoms with Crippen LogP contribution in [0.4, 0.5) is 0 Å². The fourth-order valence-electron chi connectivity index (χ4n) is 2.34. The van der Waals surface area contributed by atoms with Crippen LogP contribution >= 0.6 is 0 Å². The molecule has 1 N–H and O–H groups in total. The van der Waals surface area contributed by atoms with Crippen molar-refractivity contribution in [2.45, 2.75) is 26.4 Å². The predicted molar refractivity (Wildman–Crippen MR) is 78.2 cm³/mol. The summed E-state index contributed by atoms with van der Waals surface area (Å²) >= 11 is 0. The molecule has 1 aliphatic rings. The number of hydrogen-bond acceptors (Lipinski definition) is 4. The number of nitrogens with zero attached hydrogens (tertiary/aromatic N) is 4. The maximum atomic E-state index is 4.44. The molecule has 0 atom stereocenters. The third-order valence-corrected chi connectivity index (χ3v) is 3.69. The molecular weight excluding hydrogens is 238 g/mol. The van der Waals surface area contributed by atoms with Crippen LogP contribution in [0.3, 0.4) is 0 Å². The molecule has 0 aromatic carbocycles. The molecule has 1 fully saturated rings. The Kier molecular flexibility index (Phi) is 5.82. The summed E-state index contributed by atoms with van der Waals surface area (Å²) in [7, 11) is 2.20. The summed E-state index contributed by atoms with van der Waals surface area (Å²) in [5.41, 5.74) is 1.15. The molecule has 0 aliphatic carbocycles. The Morgan fingerprint density at radius 2 is 2.00 bits per heavy atom. The van der Waals surface area contributed by atoms with Gasteiger partial charge in [0.15, 0.2) is 0 Å². The smallest absolute Gasteiger partial charge is 0.0950 e. The molecule has 19 heavy (non-hydrogen) atoms. The molecule has 1 aliphatic heterocycles. The average molecular weight is 265 g/mol. The van der Waals surface area contributed by atoms with Crippen molar-refractivity contribution < 1.29 is 0 Å². The summed E-state index contributed by atoms with van der Waals surface area (Å²) in [5.74, 6) is 0. The fourth-order valence-corrected chi connectivity index (χ4v) is 2.34. The van der Waals surface area contributed by atoms with E-state index in [-0.39, 0.29) is 0 Å². The lowest BCUT2D eigenvalue weighted by molar-refractivity contribution is 0.150. The molecule has 0 radical (unpaired) electrons. The molecule has 0 saturated carbocycles. The number of imidazole rings is 1. The van der Waals surface area contributed by atoms with Crippen LogP contribution in [-0.4, -0.2) is 65.7 Å². The third-order valence-electron chi connectivity index (χ3n) is 3.69. The van der Waals surface area contributed by atoms with E-state index in [4.69, 9.17) is 0 Å². The van der Waals surface area contributed by atoms with Gasteiger partial charge in [0.05, 0.1) is 12.0 Å². The van der Waals surface area contributed by atoms with Crippen molar-refractivity contribution in [1.82, 2.24) is 24.7 Å². The zero-order valence-corrected chi connectivity index (χ0v) is 12.3. The van der Waals surface area contributed by atoms with E-state index in [9.17, 15) is 0 Å². The third kappa shape index (κ3) is 4.93. The molecule has 0 spiro atoms. The van der Waals surface area contributed by atoms with Gasteiger partial charge < -0.3 is 14.8 Å². The van der Waals surface area contributed by atoms with Gasteiger partial charge in [0, 0.05) is 52.0 Å². The minimum atomic E-state index is 0.884. The number of aromatic nitrogens is 2. The molecule has 5 heteroatoms. The molecule has 1 aromatic rings. The Labute approximate surface area is 116 Å². The van der Waals surface area contributed by atoms with Crippen molar-refractivity contribution in [3.63, 3.8) is 0 Å². The van der Waals surface area contributed by atoms with Gasteiger partial charge in [-0.05, 0) is 20.0 Å². The zero-order chi connectivity index (χ0) is 13.5. The number of piperazine rings is 1. The standard InChI is InChI=1S/C14H27N5/c1-3-4-15-11-14-12-19(13-16-14)10-9-18-7-5-17(2)6-8-18/h12-13,15H,3-11H2,1-2H3. The predicted octanol–water partition coefficient (Wildman–Crippen LogP) is 0.630. The minimum absolute atomic E-state index is 0.884. The lowest BCUT2D eigenvalue weighted by atomic mass is 10.3. The average Bonchev–Trinajstić information content (AvgIpc) is 2.86. The second kappa shape index (κ2) is 7.62. The van der Waals surface area contributed by atoms with Crippen LogP contribution in [-0.2, 0) is 13.1 Å². The lowest BCUT2D eigenvalue weighted by Crippen LogP contribution is -2.45. The van der Waals surface area contributed by atoms with Gasteiger partial charge in [0.2, 0.25) is 0 Å². The second-order valence-corrected chi connectivity index (χ2v) is 5.42. The Bertz CT molecular complexity index is 354. The Morgan fingerprint density at radius 1 is 1.21 bits per heavy atom. The number of nitrogens with one attached hydrogen (secondary N) is 1. The number of likely N-dealkylation sites (N-methyl/N-ethyl adjacent to an activating group) is 1. The summed E-state index contributed by atoms with van der Waals surface area (Å²) in [6.45, 7) is 11.1. The van der Waals surface area contributed by atoms with E-state index in [1.165, 1.54) is 32.6 Å². The quantitative estimate of drug-likeness (QED) is 0.734. The van der Waals surface area contributed by atoms with Gasteiger partial charge in [0.1, 0.15) is 0 Å². The maximum Gasteiger partial charge on any atom is 0.0950 e. The second-order valence-electron chi connectivity index (χ2n) is 5.42. The summed E-state index contributed by atoms with van der Waals surface area (Å²) < 4.78 is 2.21. The Balaban J connectivity index is 1.68. The van der Waals surface area contributed by atoms with E-state index in [0.717, 1.165) is 31.9 Å². The first kappa shape index (κ1) is 14.5. The van der Waals surface area contributed by atoms with Gasteiger partial charge in [-0.15, -0.1) is 0 Å². The maximum absolute atomic E-state index is 4.44. The van der Waals surface area contributed by atoms with Gasteiger partial charge in [-0.25, -0.2) is 4.98 Å². The van der Waals surface area contributed by atoms with Crippen molar-refractivity contribution in [2.75, 3.05) is 46.3 Å². The highest BCUT2D eigenvalue weighted by atomic mass is 15.3. The minimum Gasteiger partial charge on any atom is -0.336 e. The van der Waals surface area contributed by atoms with Crippen LogP contribution < -0.4 is 5.32 Å². The van der Waals surface area contributed by atoms with Crippen molar-refractivity contribution in [1.29, 1.82) is 0 Å². The van der Waals surface area contributed by atoms with E-state index in [0.29, 0.717) is 0 Å². The van der Waals surface area contributed by atoms with E-state index in [1.807, 2.05) is 6.33 Å². The monoisotopic (exact) mass is 265 g/mol. The fraction of sp³-hybridized carbons (Fsp3) is 0.786. The van der Waals surface area contributed by atoms with Crippen LogP contribution in [0.1, 0.15) is 19.0 Å². The molecule has 1 aromatic heterocycles. The number of rotatable bonds is 7. The van der Waals surface area contributed by atoms with Crippen LogP contribution in [0.25, 0.3) is 0 Å². The van der Waals surface area contributed by atoms with Gasteiger partial charge in [-0.1, -0.05) is 6.92 Å². The molecule has 5 nitrogen and oxygen atoms in total. The molecule has 108 valence electrons. The van der Waals surface area contributed by atoms with E-state index in [1.54, 1.807) is 0 Å². The molecule has 2 heterocycles. The first-order valence-corrected chi connectivity index (χ1v) is 7.40. The normalized spacial score (nSPS) is 18.0. The largest absolute Gasteiger partial charge is 0.336 e. The van der Waals surface area contributed by atoms with Crippen LogP contribution in [0, 0.1) is 0 Å². The van der Waals surface area contributed by atoms with E-state index < -0.39 is 0 Å². The summed E-state index contributed by atoms with van der Waals surface area (Å²) in [4.78, 5) is 9.37. The van der Waals surface area contributed by atoms with Crippen molar-refractivity contribution in [2.24, 2.45) is 0 Å². The van der Waals surface area contributed by atoms with E-state index in [2.05, 4.69) is 44.8 Å². The van der Waals surface area contributed by atoms with Crippen molar-refractivity contribution >= 4 is 0 Å².